The maximum absolute atomic E-state index is 14.3. The summed E-state index contributed by atoms with van der Waals surface area (Å²) in [4.78, 5) is 29.3. The summed E-state index contributed by atoms with van der Waals surface area (Å²) in [5.41, 5.74) is 2.66. The van der Waals surface area contributed by atoms with E-state index in [1.807, 2.05) is 37.3 Å². The van der Waals surface area contributed by atoms with Crippen molar-refractivity contribution in [3.8, 4) is 0 Å². The van der Waals surface area contributed by atoms with Crippen LogP contribution < -0.4 is 9.62 Å². The number of amides is 2. The third-order valence-corrected chi connectivity index (χ3v) is 9.11. The molecule has 1 atom stereocenters. The summed E-state index contributed by atoms with van der Waals surface area (Å²) in [6.07, 6.45) is 0.223. The van der Waals surface area contributed by atoms with E-state index in [4.69, 9.17) is 23.2 Å². The summed E-state index contributed by atoms with van der Waals surface area (Å²) in [5, 5.41) is 3.63. The van der Waals surface area contributed by atoms with Gasteiger partial charge >= 0.3 is 0 Å². The van der Waals surface area contributed by atoms with Crippen molar-refractivity contribution in [1.29, 1.82) is 0 Å². The van der Waals surface area contributed by atoms with Crippen molar-refractivity contribution in [1.82, 2.24) is 10.2 Å². The Kier molecular flexibility index (Phi) is 10.9. The lowest BCUT2D eigenvalue weighted by atomic mass is 10.0. The monoisotopic (exact) mass is 637 g/mol. The molecule has 1 N–H and O–H groups in total. The number of anilines is 1. The Morgan fingerprint density at radius 3 is 2.07 bits per heavy atom. The van der Waals surface area contributed by atoms with Gasteiger partial charge in [0.25, 0.3) is 10.0 Å². The highest BCUT2D eigenvalue weighted by Gasteiger charge is 2.34. The second kappa shape index (κ2) is 14.6. The molecular formula is C33H33Cl2N3O4S. The highest BCUT2D eigenvalue weighted by molar-refractivity contribution is 7.92. The van der Waals surface area contributed by atoms with Crippen LogP contribution in [0.2, 0.25) is 10.0 Å². The van der Waals surface area contributed by atoms with Crippen molar-refractivity contribution < 1.29 is 18.0 Å². The molecule has 10 heteroatoms. The van der Waals surface area contributed by atoms with Crippen molar-refractivity contribution in [3.63, 3.8) is 0 Å². The number of benzene rings is 4. The molecule has 0 radical (unpaired) electrons. The third-order valence-electron chi connectivity index (χ3n) is 6.85. The third kappa shape index (κ3) is 8.38. The molecule has 0 heterocycles. The van der Waals surface area contributed by atoms with Crippen LogP contribution in [-0.4, -0.2) is 44.3 Å². The van der Waals surface area contributed by atoms with Gasteiger partial charge in [0.15, 0.2) is 0 Å². The average Bonchev–Trinajstić information content (AvgIpc) is 2.98. The lowest BCUT2D eigenvalue weighted by Crippen LogP contribution is -2.53. The maximum Gasteiger partial charge on any atom is 0.264 e. The summed E-state index contributed by atoms with van der Waals surface area (Å²) >= 11 is 12.5. The molecule has 0 aliphatic carbocycles. The highest BCUT2D eigenvalue weighted by atomic mass is 35.5. The van der Waals surface area contributed by atoms with E-state index in [1.165, 1.54) is 23.1 Å². The van der Waals surface area contributed by atoms with Gasteiger partial charge in [-0.05, 0) is 67.4 Å². The van der Waals surface area contributed by atoms with E-state index in [-0.39, 0.29) is 29.5 Å². The van der Waals surface area contributed by atoms with E-state index in [2.05, 4.69) is 5.32 Å². The molecule has 4 aromatic carbocycles. The molecule has 0 aliphatic heterocycles. The number of halogens is 2. The van der Waals surface area contributed by atoms with Gasteiger partial charge in [-0.25, -0.2) is 8.42 Å². The topological polar surface area (TPSA) is 86.8 Å². The van der Waals surface area contributed by atoms with Gasteiger partial charge in [0.05, 0.1) is 10.6 Å². The fraction of sp³-hybridized carbons (Fsp3) is 0.212. The number of nitrogens with one attached hydrogen (secondary N) is 1. The fourth-order valence-electron chi connectivity index (χ4n) is 4.68. The smallest absolute Gasteiger partial charge is 0.264 e. The predicted octanol–water partition coefficient (Wildman–Crippen LogP) is 6.27. The molecule has 0 saturated carbocycles. The van der Waals surface area contributed by atoms with Crippen molar-refractivity contribution in [2.75, 3.05) is 17.4 Å². The number of carbonyl (C=O) groups is 2. The van der Waals surface area contributed by atoms with Crippen molar-refractivity contribution in [2.24, 2.45) is 0 Å². The van der Waals surface area contributed by atoms with Crippen LogP contribution in [0.15, 0.2) is 108 Å². The molecule has 0 unspecified atom stereocenters. The molecule has 4 rings (SSSR count). The Morgan fingerprint density at radius 1 is 0.814 bits per heavy atom. The van der Waals surface area contributed by atoms with Crippen LogP contribution in [0.1, 0.15) is 23.6 Å². The Hall–Kier alpha value is -3.85. The second-order valence-electron chi connectivity index (χ2n) is 10.1. The van der Waals surface area contributed by atoms with Gasteiger partial charge in [-0.2, -0.15) is 0 Å². The number of carbonyl (C=O) groups excluding carboxylic acids is 2. The molecule has 7 nitrogen and oxygen atoms in total. The molecule has 0 spiro atoms. The molecule has 0 saturated heterocycles. The number of hydrogen-bond donors (Lipinski definition) is 1. The first kappa shape index (κ1) is 32.1. The van der Waals surface area contributed by atoms with Crippen molar-refractivity contribution in [2.45, 2.75) is 37.8 Å². The first-order chi connectivity index (χ1) is 20.6. The zero-order valence-electron chi connectivity index (χ0n) is 23.9. The van der Waals surface area contributed by atoms with Crippen LogP contribution >= 0.6 is 23.2 Å². The van der Waals surface area contributed by atoms with E-state index in [9.17, 15) is 18.0 Å². The van der Waals surface area contributed by atoms with Gasteiger partial charge in [-0.3, -0.25) is 13.9 Å². The number of sulfonamides is 1. The minimum Gasteiger partial charge on any atom is -0.355 e. The molecule has 2 amide bonds. The van der Waals surface area contributed by atoms with E-state index in [0.717, 1.165) is 15.4 Å². The van der Waals surface area contributed by atoms with Gasteiger partial charge in [0, 0.05) is 29.6 Å². The standard InChI is InChI=1S/C33H33Cl2N3O4S/c1-3-36-33(40)31(20-25-9-5-4-6-10-25)37(22-26-11-7-12-27(34)19-26)32(39)23-38(29-14-8-13-28(35)21-29)43(41,42)30-17-15-24(2)16-18-30/h4-19,21,31H,3,20,22-23H2,1-2H3,(H,36,40)/t31-/m1/s1. The molecule has 4 aromatic rings. The van der Waals surface area contributed by atoms with E-state index in [0.29, 0.717) is 22.2 Å². The summed E-state index contributed by atoms with van der Waals surface area (Å²) in [6, 6.07) is 28.2. The van der Waals surface area contributed by atoms with Crippen molar-refractivity contribution in [3.05, 3.63) is 130 Å². The minimum absolute atomic E-state index is 0.0248. The maximum atomic E-state index is 14.3. The average molecular weight is 639 g/mol. The zero-order chi connectivity index (χ0) is 31.0. The van der Waals surface area contributed by atoms with Gasteiger partial charge in [-0.1, -0.05) is 89.4 Å². The quantitative estimate of drug-likeness (QED) is 0.198. The summed E-state index contributed by atoms with van der Waals surface area (Å²) in [7, 11) is -4.21. The van der Waals surface area contributed by atoms with Crippen LogP contribution in [0.4, 0.5) is 5.69 Å². The normalized spacial score (nSPS) is 11.9. The van der Waals surface area contributed by atoms with E-state index < -0.39 is 28.5 Å². The molecular weight excluding hydrogens is 605 g/mol. The Morgan fingerprint density at radius 2 is 1.44 bits per heavy atom. The van der Waals surface area contributed by atoms with Gasteiger partial charge in [0.2, 0.25) is 11.8 Å². The van der Waals surface area contributed by atoms with Crippen LogP contribution in [-0.2, 0) is 32.6 Å². The Labute approximate surface area is 263 Å². The molecule has 43 heavy (non-hydrogen) atoms. The largest absolute Gasteiger partial charge is 0.355 e. The highest BCUT2D eigenvalue weighted by Crippen LogP contribution is 2.27. The minimum atomic E-state index is -4.21. The van der Waals surface area contributed by atoms with Crippen LogP contribution in [0.3, 0.4) is 0 Å². The molecule has 0 aliphatic rings. The SMILES string of the molecule is CCNC(=O)[C@@H](Cc1ccccc1)N(Cc1cccc(Cl)c1)C(=O)CN(c1cccc(Cl)c1)S(=O)(=O)c1ccc(C)cc1. The molecule has 0 fully saturated rings. The van der Waals surface area contributed by atoms with E-state index in [1.54, 1.807) is 61.5 Å². The van der Waals surface area contributed by atoms with Crippen LogP contribution in [0.5, 0.6) is 0 Å². The number of likely N-dealkylation sites (N-methyl/N-ethyl adjacent to an activating group) is 1. The van der Waals surface area contributed by atoms with Crippen LogP contribution in [0.25, 0.3) is 0 Å². The number of hydrogen-bond acceptors (Lipinski definition) is 4. The summed E-state index contributed by atoms with van der Waals surface area (Å²) in [6.45, 7) is 3.48. The van der Waals surface area contributed by atoms with Gasteiger partial charge < -0.3 is 10.2 Å². The first-order valence-electron chi connectivity index (χ1n) is 13.8. The summed E-state index contributed by atoms with van der Waals surface area (Å²) in [5.74, 6) is -0.916. The number of aryl methyl sites for hydroxylation is 1. The molecule has 224 valence electrons. The molecule has 0 bridgehead atoms. The number of nitrogens with zero attached hydrogens (tertiary/aromatic N) is 2. The zero-order valence-corrected chi connectivity index (χ0v) is 26.2. The van der Waals surface area contributed by atoms with Gasteiger partial charge in [-0.15, -0.1) is 0 Å². The number of rotatable bonds is 12. The molecule has 0 aromatic heterocycles. The second-order valence-corrected chi connectivity index (χ2v) is 12.8. The Balaban J connectivity index is 1.80. The summed E-state index contributed by atoms with van der Waals surface area (Å²) < 4.78 is 29.1. The lowest BCUT2D eigenvalue weighted by Gasteiger charge is -2.34. The first-order valence-corrected chi connectivity index (χ1v) is 16.0. The Bertz CT molecular complexity index is 1670. The van der Waals surface area contributed by atoms with Crippen LogP contribution in [0, 0.1) is 6.92 Å². The van der Waals surface area contributed by atoms with E-state index >= 15 is 0 Å². The van der Waals surface area contributed by atoms with Gasteiger partial charge in [0.1, 0.15) is 12.6 Å². The fourth-order valence-corrected chi connectivity index (χ4v) is 6.48. The van der Waals surface area contributed by atoms with Crippen molar-refractivity contribution >= 4 is 50.7 Å². The lowest BCUT2D eigenvalue weighted by molar-refractivity contribution is -0.140. The predicted molar refractivity (Wildman–Crippen MR) is 172 cm³/mol.